The molecule has 2 heterocycles. The number of aryl methyl sites for hydroxylation is 1. The molecule has 142 valence electrons. The molecule has 0 saturated carbocycles. The quantitative estimate of drug-likeness (QED) is 0.486. The number of hydrogen-bond donors (Lipinski definition) is 2. The Morgan fingerprint density at radius 1 is 1.38 bits per heavy atom. The minimum absolute atomic E-state index is 0. The minimum Gasteiger partial charge on any atom is -0.870 e. The van der Waals surface area contributed by atoms with Gasteiger partial charge in [-0.2, -0.15) is 10.4 Å². The number of aromatic amines is 1. The summed E-state index contributed by atoms with van der Waals surface area (Å²) in [6.45, 7) is 2.25. The summed E-state index contributed by atoms with van der Waals surface area (Å²) in [6, 6.07) is 9.31. The number of rotatable bonds is 4. The molecule has 0 fully saturated rings. The van der Waals surface area contributed by atoms with Gasteiger partial charge in [-0.3, -0.25) is 4.68 Å². The van der Waals surface area contributed by atoms with Gasteiger partial charge in [-0.1, -0.05) is 0 Å². The van der Waals surface area contributed by atoms with Crippen LogP contribution in [0.5, 0.6) is 5.75 Å². The number of carboxylic acids is 1. The van der Waals surface area contributed by atoms with Gasteiger partial charge in [-0.05, 0) is 36.8 Å². The van der Waals surface area contributed by atoms with E-state index in [1.54, 1.807) is 23.9 Å². The van der Waals surface area contributed by atoms with Gasteiger partial charge in [0.1, 0.15) is 5.75 Å². The van der Waals surface area contributed by atoms with Crippen molar-refractivity contribution in [1.82, 2.24) is 14.8 Å². The van der Waals surface area contributed by atoms with Crippen LogP contribution in [0.15, 0.2) is 36.7 Å². The first-order valence-corrected chi connectivity index (χ1v) is 8.30. The van der Waals surface area contributed by atoms with Crippen LogP contribution in [0.4, 0.5) is 0 Å². The van der Waals surface area contributed by atoms with Gasteiger partial charge >= 0.3 is 24.8 Å². The van der Waals surface area contributed by atoms with Gasteiger partial charge in [-0.15, -0.1) is 0 Å². The molecule has 0 aliphatic rings. The summed E-state index contributed by atoms with van der Waals surface area (Å²) in [5, 5.41) is 24.7. The topological polar surface area (TPSA) is 134 Å². The molecular formula is C20H17LiN4O4. The van der Waals surface area contributed by atoms with Crippen LogP contribution in [-0.2, 0) is 6.54 Å². The van der Waals surface area contributed by atoms with Crippen LogP contribution in [0, 0.1) is 18.3 Å². The second-order valence-electron chi connectivity index (χ2n) is 6.34. The van der Waals surface area contributed by atoms with Crippen molar-refractivity contribution < 1.29 is 39.0 Å². The molecule has 4 aromatic rings. The van der Waals surface area contributed by atoms with E-state index in [-0.39, 0.29) is 29.9 Å². The van der Waals surface area contributed by atoms with Crippen molar-refractivity contribution in [2.75, 3.05) is 7.11 Å². The molecule has 0 atom stereocenters. The molecule has 0 spiro atoms. The second-order valence-corrected chi connectivity index (χ2v) is 6.34. The largest absolute Gasteiger partial charge is 1.00 e. The number of H-pyrrole nitrogens is 1. The molecule has 8 nitrogen and oxygen atoms in total. The number of methoxy groups -OCH3 is 1. The Morgan fingerprint density at radius 3 is 2.79 bits per heavy atom. The molecular weight excluding hydrogens is 367 g/mol. The fraction of sp³-hybridized carbons (Fsp3) is 0.150. The maximum Gasteiger partial charge on any atom is 1.00 e. The molecule has 0 saturated heterocycles. The minimum atomic E-state index is -1.00. The fourth-order valence-corrected chi connectivity index (χ4v) is 3.41. The first-order chi connectivity index (χ1) is 13.0. The summed E-state index contributed by atoms with van der Waals surface area (Å²) in [4.78, 5) is 14.7. The van der Waals surface area contributed by atoms with Crippen molar-refractivity contribution in [2.24, 2.45) is 0 Å². The van der Waals surface area contributed by atoms with Crippen LogP contribution >= 0.6 is 0 Å². The van der Waals surface area contributed by atoms with Gasteiger partial charge in [0, 0.05) is 34.2 Å². The summed E-state index contributed by atoms with van der Waals surface area (Å²) < 4.78 is 7.26. The van der Waals surface area contributed by atoms with E-state index in [9.17, 15) is 9.90 Å². The Hall–Kier alpha value is -3.23. The summed E-state index contributed by atoms with van der Waals surface area (Å²) in [5.74, 6) is -0.390. The molecule has 9 heteroatoms. The molecule has 0 aliphatic heterocycles. The van der Waals surface area contributed by atoms with Crippen molar-refractivity contribution in [3.8, 4) is 11.8 Å². The van der Waals surface area contributed by atoms with Gasteiger partial charge in [0.25, 0.3) is 0 Å². The van der Waals surface area contributed by atoms with Crippen LogP contribution in [0.1, 0.15) is 27.0 Å². The van der Waals surface area contributed by atoms with Crippen LogP contribution < -0.4 is 23.6 Å². The Kier molecular flexibility index (Phi) is 6.40. The van der Waals surface area contributed by atoms with Crippen molar-refractivity contribution in [3.05, 3.63) is 58.9 Å². The average molecular weight is 384 g/mol. The summed E-state index contributed by atoms with van der Waals surface area (Å²) in [6.07, 6.45) is 3.37. The number of nitrogens with zero attached hydrogens (tertiary/aromatic N) is 3. The van der Waals surface area contributed by atoms with Crippen LogP contribution in [0.2, 0.25) is 0 Å². The van der Waals surface area contributed by atoms with Gasteiger partial charge in [0.15, 0.2) is 0 Å². The third-order valence-electron chi connectivity index (χ3n) is 4.68. The third kappa shape index (κ3) is 3.72. The number of carbonyl (C=O) groups is 1. The second kappa shape index (κ2) is 8.42. The van der Waals surface area contributed by atoms with Crippen molar-refractivity contribution >= 4 is 27.8 Å². The fourth-order valence-electron chi connectivity index (χ4n) is 3.41. The van der Waals surface area contributed by atoms with Gasteiger partial charge in [-0.25, -0.2) is 4.79 Å². The van der Waals surface area contributed by atoms with Gasteiger partial charge < -0.3 is 20.3 Å². The van der Waals surface area contributed by atoms with Crippen LogP contribution in [-0.4, -0.2) is 38.4 Å². The maximum atomic E-state index is 11.7. The summed E-state index contributed by atoms with van der Waals surface area (Å²) >= 11 is 0. The third-order valence-corrected chi connectivity index (χ3v) is 4.68. The Bertz CT molecular complexity index is 1250. The first-order valence-electron chi connectivity index (χ1n) is 8.30. The Labute approximate surface area is 178 Å². The van der Waals surface area contributed by atoms with E-state index in [2.05, 4.69) is 16.2 Å². The number of carboxylic acid groups (broad SMARTS) is 1. The molecule has 0 amide bonds. The molecule has 0 bridgehead atoms. The zero-order chi connectivity index (χ0) is 19.1. The molecule has 29 heavy (non-hydrogen) atoms. The van der Waals surface area contributed by atoms with Crippen molar-refractivity contribution in [1.29, 1.82) is 5.26 Å². The maximum absolute atomic E-state index is 11.7. The van der Waals surface area contributed by atoms with E-state index >= 15 is 0 Å². The molecule has 0 radical (unpaired) electrons. The Morgan fingerprint density at radius 2 is 2.14 bits per heavy atom. The van der Waals surface area contributed by atoms with E-state index < -0.39 is 5.97 Å². The summed E-state index contributed by atoms with van der Waals surface area (Å²) in [7, 11) is 1.57. The van der Waals surface area contributed by atoms with E-state index in [1.165, 1.54) is 6.20 Å². The smallest absolute Gasteiger partial charge is 0.870 e. The molecule has 0 aliphatic carbocycles. The van der Waals surface area contributed by atoms with E-state index in [4.69, 9.17) is 10.00 Å². The first kappa shape index (κ1) is 22.1. The number of hydrogen-bond acceptors (Lipinski definition) is 5. The van der Waals surface area contributed by atoms with Gasteiger partial charge in [0.2, 0.25) is 0 Å². The molecule has 4 rings (SSSR count). The number of benzene rings is 2. The molecule has 0 unspecified atom stereocenters. The zero-order valence-corrected chi connectivity index (χ0v) is 16.2. The number of fused-ring (bicyclic) bond motifs is 2. The van der Waals surface area contributed by atoms with E-state index in [0.717, 1.165) is 22.0 Å². The van der Waals surface area contributed by atoms with E-state index in [1.807, 2.05) is 25.3 Å². The normalized spacial score (nSPS) is 10.2. The standard InChI is InChI=1S/C20H16N4O3.Li.H2O/c1-11-5-17(27-2)15(18-14(20(25)26)8-22-19(11)18)10-24-9-13-4-3-12(7-21)6-16(13)23-24;;/h3-6,8-9,22H,10H2,1-2H3,(H,25,26);;1H2/q;+1;/p-1. The monoisotopic (exact) mass is 384 g/mol. The molecule has 2 aromatic heterocycles. The number of nitriles is 1. The SMILES string of the molecule is COc1cc(C)c2[nH]cc(C(=O)O)c2c1Cn1cc2ccc(C#N)cc2n1.[Li+].[OH-]. The van der Waals surface area contributed by atoms with Crippen LogP contribution in [0.3, 0.4) is 0 Å². The van der Waals surface area contributed by atoms with Crippen molar-refractivity contribution in [3.63, 3.8) is 0 Å². The number of aromatic nitrogens is 3. The molecule has 3 N–H and O–H groups in total. The predicted molar refractivity (Wildman–Crippen MR) is 102 cm³/mol. The van der Waals surface area contributed by atoms with Crippen LogP contribution in [0.25, 0.3) is 21.8 Å². The number of ether oxygens (including phenoxy) is 1. The molecule has 2 aromatic carbocycles. The van der Waals surface area contributed by atoms with Crippen molar-refractivity contribution in [2.45, 2.75) is 13.5 Å². The number of nitrogens with one attached hydrogen (secondary N) is 1. The van der Waals surface area contributed by atoms with E-state index in [0.29, 0.717) is 28.8 Å². The summed E-state index contributed by atoms with van der Waals surface area (Å²) in [5.41, 5.74) is 3.87. The number of aromatic carboxylic acids is 1. The average Bonchev–Trinajstić information content (AvgIpc) is 3.27. The Balaban J connectivity index is 0.00000150. The predicted octanol–water partition coefficient (Wildman–Crippen LogP) is 0.280. The zero-order valence-electron chi connectivity index (χ0n) is 16.2. The van der Waals surface area contributed by atoms with Gasteiger partial charge in [0.05, 0.1) is 36.4 Å².